The van der Waals surface area contributed by atoms with Gasteiger partial charge < -0.3 is 20.3 Å². The fourth-order valence-corrected chi connectivity index (χ4v) is 6.68. The lowest BCUT2D eigenvalue weighted by Crippen LogP contribution is -2.60. The summed E-state index contributed by atoms with van der Waals surface area (Å²) in [5, 5.41) is 25.7. The first kappa shape index (κ1) is 27.0. The van der Waals surface area contributed by atoms with Gasteiger partial charge in [-0.25, -0.2) is 0 Å². The summed E-state index contributed by atoms with van der Waals surface area (Å²) in [6.07, 6.45) is 5.01. The number of rotatable bonds is 3. The summed E-state index contributed by atoms with van der Waals surface area (Å²) in [6.45, 7) is 10.5. The summed E-state index contributed by atoms with van der Waals surface area (Å²) in [4.78, 5) is 39.5. The van der Waals surface area contributed by atoms with E-state index in [9.17, 15) is 24.6 Å². The average Bonchev–Trinajstić information content (AvgIpc) is 3.13. The van der Waals surface area contributed by atoms with Crippen LogP contribution in [0.4, 0.5) is 0 Å². The molecular formula is C30H37NO6. The van der Waals surface area contributed by atoms with Gasteiger partial charge in [0.1, 0.15) is 17.1 Å². The number of carbonyl (C=O) groups is 3. The molecule has 2 aliphatic carbocycles. The van der Waals surface area contributed by atoms with Crippen molar-refractivity contribution in [2.24, 2.45) is 29.1 Å². The van der Waals surface area contributed by atoms with Gasteiger partial charge in [-0.05, 0) is 49.0 Å². The van der Waals surface area contributed by atoms with Gasteiger partial charge in [0.15, 0.2) is 5.78 Å². The van der Waals surface area contributed by atoms with Crippen molar-refractivity contribution in [1.29, 1.82) is 0 Å². The smallest absolute Gasteiger partial charge is 0.303 e. The monoisotopic (exact) mass is 507 g/mol. The van der Waals surface area contributed by atoms with Crippen LogP contribution in [-0.2, 0) is 25.5 Å². The number of nitrogens with one attached hydrogen (secondary N) is 1. The molecule has 1 aliphatic heterocycles. The number of hydrogen-bond acceptors (Lipinski definition) is 6. The molecule has 3 aliphatic rings. The number of ketones is 1. The van der Waals surface area contributed by atoms with Gasteiger partial charge in [0.25, 0.3) is 0 Å². The van der Waals surface area contributed by atoms with E-state index in [1.54, 1.807) is 19.1 Å². The van der Waals surface area contributed by atoms with Crippen molar-refractivity contribution in [1.82, 2.24) is 5.32 Å². The summed E-state index contributed by atoms with van der Waals surface area (Å²) in [6, 6.07) is 9.49. The zero-order valence-electron chi connectivity index (χ0n) is 21.9. The van der Waals surface area contributed by atoms with Crippen LogP contribution >= 0.6 is 0 Å². The molecule has 0 radical (unpaired) electrons. The second kappa shape index (κ2) is 10.0. The Bertz CT molecular complexity index is 1140. The number of aliphatic hydroxyl groups excluding tert-OH is 1. The van der Waals surface area contributed by atoms with Gasteiger partial charge in [-0.15, -0.1) is 0 Å². The molecule has 1 amide bonds. The van der Waals surface area contributed by atoms with Crippen molar-refractivity contribution in [3.63, 3.8) is 0 Å². The number of hydrogen-bond donors (Lipinski definition) is 3. The summed E-state index contributed by atoms with van der Waals surface area (Å²) < 4.78 is 5.81. The highest BCUT2D eigenvalue weighted by atomic mass is 16.5. The number of Topliss-reactive ketones (excluding diaryl/α,β-unsaturated/α-hetero) is 1. The van der Waals surface area contributed by atoms with E-state index in [2.05, 4.69) is 11.9 Å². The van der Waals surface area contributed by atoms with Crippen molar-refractivity contribution >= 4 is 17.7 Å². The molecule has 198 valence electrons. The maximum absolute atomic E-state index is 14.2. The minimum atomic E-state index is -1.82. The van der Waals surface area contributed by atoms with E-state index in [4.69, 9.17) is 4.74 Å². The third kappa shape index (κ3) is 4.59. The van der Waals surface area contributed by atoms with E-state index in [-0.39, 0.29) is 23.7 Å². The van der Waals surface area contributed by atoms with E-state index in [0.29, 0.717) is 18.4 Å². The van der Waals surface area contributed by atoms with Gasteiger partial charge in [-0.1, -0.05) is 62.9 Å². The third-order valence-electron chi connectivity index (χ3n) is 8.53. The van der Waals surface area contributed by atoms with E-state index in [0.717, 1.165) is 5.56 Å². The summed E-state index contributed by atoms with van der Waals surface area (Å²) in [5.74, 6) is -3.26. The van der Waals surface area contributed by atoms with Crippen LogP contribution in [0.1, 0.15) is 39.7 Å². The largest absolute Gasteiger partial charge is 0.457 e. The van der Waals surface area contributed by atoms with Crippen LogP contribution < -0.4 is 5.32 Å². The first-order chi connectivity index (χ1) is 17.4. The summed E-state index contributed by atoms with van der Waals surface area (Å²) in [7, 11) is 0. The molecule has 0 aromatic heterocycles. The molecule has 1 saturated heterocycles. The fraction of sp³-hybridized carbons (Fsp3) is 0.500. The van der Waals surface area contributed by atoms with Crippen molar-refractivity contribution < 1.29 is 29.3 Å². The van der Waals surface area contributed by atoms with Crippen molar-refractivity contribution in [3.05, 3.63) is 72.4 Å². The van der Waals surface area contributed by atoms with Crippen LogP contribution in [0, 0.1) is 29.1 Å². The minimum absolute atomic E-state index is 0.287. The molecule has 4 rings (SSSR count). The van der Waals surface area contributed by atoms with Crippen molar-refractivity contribution in [2.45, 2.75) is 64.4 Å². The Balaban J connectivity index is 1.94. The number of esters is 1. The Kier molecular flexibility index (Phi) is 7.32. The van der Waals surface area contributed by atoms with Gasteiger partial charge in [-0.3, -0.25) is 14.4 Å². The van der Waals surface area contributed by atoms with Gasteiger partial charge in [0.2, 0.25) is 5.91 Å². The van der Waals surface area contributed by atoms with Gasteiger partial charge in [0, 0.05) is 30.7 Å². The Hall–Kier alpha value is -3.03. The van der Waals surface area contributed by atoms with E-state index < -0.39 is 46.9 Å². The quantitative estimate of drug-likeness (QED) is 0.428. The second-order valence-corrected chi connectivity index (χ2v) is 11.0. The molecule has 1 unspecified atom stereocenters. The maximum Gasteiger partial charge on any atom is 0.303 e. The number of aliphatic hydroxyl groups is 2. The van der Waals surface area contributed by atoms with Crippen LogP contribution in [0.2, 0.25) is 0 Å². The number of benzene rings is 1. The number of ether oxygens (including phenoxy) is 1. The van der Waals surface area contributed by atoms with Crippen molar-refractivity contribution in [3.8, 4) is 0 Å². The lowest BCUT2D eigenvalue weighted by atomic mass is 9.51. The molecule has 9 atom stereocenters. The van der Waals surface area contributed by atoms with Crippen LogP contribution in [0.3, 0.4) is 0 Å². The van der Waals surface area contributed by atoms with Crippen LogP contribution in [0.5, 0.6) is 0 Å². The predicted octanol–water partition coefficient (Wildman–Crippen LogP) is 2.92. The zero-order chi connectivity index (χ0) is 27.1. The lowest BCUT2D eigenvalue weighted by Gasteiger charge is -2.52. The first-order valence-corrected chi connectivity index (χ1v) is 12.9. The van der Waals surface area contributed by atoms with Crippen LogP contribution in [0.15, 0.2) is 66.8 Å². The number of amides is 1. The highest BCUT2D eigenvalue weighted by molar-refractivity contribution is 5.91. The molecule has 2 fully saturated rings. The predicted molar refractivity (Wildman–Crippen MR) is 139 cm³/mol. The molecule has 7 nitrogen and oxygen atoms in total. The fourth-order valence-electron chi connectivity index (χ4n) is 6.68. The molecule has 1 saturated carbocycles. The first-order valence-electron chi connectivity index (χ1n) is 12.9. The molecule has 1 aromatic rings. The lowest BCUT2D eigenvalue weighted by molar-refractivity contribution is -0.166. The van der Waals surface area contributed by atoms with Gasteiger partial charge in [-0.2, -0.15) is 0 Å². The molecule has 7 heteroatoms. The van der Waals surface area contributed by atoms with Gasteiger partial charge in [0.05, 0.1) is 6.10 Å². The second-order valence-electron chi connectivity index (χ2n) is 11.0. The molecule has 0 bridgehead atoms. The molecule has 3 N–H and O–H groups in total. The summed E-state index contributed by atoms with van der Waals surface area (Å²) >= 11 is 0. The maximum atomic E-state index is 14.2. The Morgan fingerprint density at radius 3 is 2.51 bits per heavy atom. The van der Waals surface area contributed by atoms with Crippen LogP contribution in [0.25, 0.3) is 0 Å². The summed E-state index contributed by atoms with van der Waals surface area (Å²) in [5.41, 5.74) is -1.55. The van der Waals surface area contributed by atoms with Gasteiger partial charge >= 0.3 is 5.97 Å². The Morgan fingerprint density at radius 2 is 1.86 bits per heavy atom. The minimum Gasteiger partial charge on any atom is -0.457 e. The zero-order valence-corrected chi connectivity index (χ0v) is 21.9. The molecular weight excluding hydrogens is 470 g/mol. The Labute approximate surface area is 218 Å². The number of carbonyl (C=O) groups excluding carboxylic acids is 3. The Morgan fingerprint density at radius 1 is 1.19 bits per heavy atom. The highest BCUT2D eigenvalue weighted by Crippen LogP contribution is 2.58. The molecule has 1 aromatic carbocycles. The van der Waals surface area contributed by atoms with E-state index in [1.807, 2.05) is 37.3 Å². The SMILES string of the molecule is C=C1[C@@H](C)C2[C@H](Cc3ccccc3)NC(=O)[C@]23[C@H](OC(C)=O)/C=C/[C@@](C)(O)C(=O)[C@@H](C)C/C=C/[C@H]3[C@@H]1O. The molecule has 37 heavy (non-hydrogen) atoms. The molecule has 1 heterocycles. The molecule has 1 spiro atoms. The van der Waals surface area contributed by atoms with Crippen LogP contribution in [-0.4, -0.2) is 51.7 Å². The van der Waals surface area contributed by atoms with E-state index >= 15 is 0 Å². The highest BCUT2D eigenvalue weighted by Gasteiger charge is 2.68. The number of allylic oxidation sites excluding steroid dienone is 1. The average molecular weight is 508 g/mol. The normalized spacial score (nSPS) is 41.6. The van der Waals surface area contributed by atoms with E-state index in [1.165, 1.54) is 26.0 Å². The van der Waals surface area contributed by atoms with Crippen molar-refractivity contribution in [2.75, 3.05) is 0 Å². The standard InChI is InChI=1S/C30H37NO6/c1-17-10-9-13-22-26(33)19(3)18(2)25-23(16-21-11-7-6-8-12-21)31-28(35)30(22,25)24(37-20(4)32)14-15-29(5,36)27(17)34/h6-9,11-15,17-18,22-26,33,36H,3,10,16H2,1-2,4-5H3,(H,31,35)/b13-9+,15-14+/t17-,18+,22-,23-,24+,25?,26+,29+,30+/m0/s1. The topological polar surface area (TPSA) is 113 Å². The third-order valence-corrected chi connectivity index (χ3v) is 8.53.